The fourth-order valence-corrected chi connectivity index (χ4v) is 4.73. The van der Waals surface area contributed by atoms with Crippen LogP contribution in [0.5, 0.6) is 0 Å². The summed E-state index contributed by atoms with van der Waals surface area (Å²) in [6.45, 7) is 5.05. The van der Waals surface area contributed by atoms with Gasteiger partial charge in [0.15, 0.2) is 5.54 Å². The molecule has 0 radical (unpaired) electrons. The number of non-ortho nitro benzene ring substituents is 1. The van der Waals surface area contributed by atoms with E-state index in [1.165, 1.54) is 29.2 Å². The Bertz CT molecular complexity index is 1290. The Morgan fingerprint density at radius 3 is 2.38 bits per heavy atom. The molecule has 0 aromatic heterocycles. The summed E-state index contributed by atoms with van der Waals surface area (Å²) in [6, 6.07) is 14.5. The number of nitro benzene ring substituents is 1. The van der Waals surface area contributed by atoms with E-state index in [0.29, 0.717) is 16.8 Å². The second kappa shape index (κ2) is 7.59. The van der Waals surface area contributed by atoms with Crippen molar-refractivity contribution in [1.82, 2.24) is 4.90 Å². The minimum Gasteiger partial charge on any atom is -0.443 e. The first-order valence-electron chi connectivity index (χ1n) is 10.5. The molecule has 2 heterocycles. The molecule has 2 N–H and O–H groups in total. The highest BCUT2D eigenvalue weighted by Crippen LogP contribution is 2.59. The molecule has 34 heavy (non-hydrogen) atoms. The molecule has 0 fully saturated rings. The van der Waals surface area contributed by atoms with Crippen LogP contribution in [0.2, 0.25) is 0 Å². The van der Waals surface area contributed by atoms with Gasteiger partial charge in [-0.05, 0) is 32.4 Å². The van der Waals surface area contributed by atoms with Crippen LogP contribution in [0.15, 0.2) is 59.9 Å². The van der Waals surface area contributed by atoms with Crippen LogP contribution >= 0.6 is 0 Å². The molecule has 2 atom stereocenters. The molecule has 0 aliphatic carbocycles. The van der Waals surface area contributed by atoms with Gasteiger partial charge in [0.25, 0.3) is 11.6 Å². The van der Waals surface area contributed by atoms with Crippen molar-refractivity contribution in [3.63, 3.8) is 0 Å². The largest absolute Gasteiger partial charge is 0.443 e. The smallest absolute Gasteiger partial charge is 0.417 e. The zero-order valence-electron chi connectivity index (χ0n) is 19.1. The van der Waals surface area contributed by atoms with Gasteiger partial charge in [0.05, 0.1) is 22.5 Å². The second-order valence-corrected chi connectivity index (χ2v) is 9.16. The van der Waals surface area contributed by atoms with E-state index in [-0.39, 0.29) is 17.1 Å². The maximum Gasteiger partial charge on any atom is 0.417 e. The molecule has 10 heteroatoms. The van der Waals surface area contributed by atoms with E-state index in [9.17, 15) is 25.0 Å². The van der Waals surface area contributed by atoms with E-state index < -0.39 is 34.0 Å². The SMILES string of the molecule is CN1C(=O)[C@]2(c3ccccc31)[C@H](c1ccc([N+](=O)[O-])cc1)C(C#N)=C(N)N2C(=O)OC(C)(C)C. The molecule has 2 aromatic rings. The quantitative estimate of drug-likeness (QED) is 0.532. The van der Waals surface area contributed by atoms with E-state index in [4.69, 9.17) is 10.5 Å². The lowest BCUT2D eigenvalue weighted by Crippen LogP contribution is -2.56. The first-order chi connectivity index (χ1) is 15.9. The normalized spacial score (nSPS) is 21.6. The van der Waals surface area contributed by atoms with Gasteiger partial charge in [-0.2, -0.15) is 5.26 Å². The highest BCUT2D eigenvalue weighted by Gasteiger charge is 2.67. The van der Waals surface area contributed by atoms with Crippen LogP contribution in [0.25, 0.3) is 0 Å². The average Bonchev–Trinajstić information content (AvgIpc) is 3.17. The lowest BCUT2D eigenvalue weighted by Gasteiger charge is -2.39. The topological polar surface area (TPSA) is 143 Å². The average molecular weight is 461 g/mol. The molecular weight excluding hydrogens is 438 g/mol. The van der Waals surface area contributed by atoms with Gasteiger partial charge >= 0.3 is 6.09 Å². The third-order valence-electron chi connectivity index (χ3n) is 6.02. The third kappa shape index (κ3) is 3.08. The molecule has 2 amide bonds. The zero-order valence-corrected chi connectivity index (χ0v) is 19.1. The number of nitrogens with zero attached hydrogens (tertiary/aromatic N) is 4. The zero-order chi connectivity index (χ0) is 25.0. The van der Waals surface area contributed by atoms with Crippen molar-refractivity contribution in [3.8, 4) is 6.07 Å². The predicted octanol–water partition coefficient (Wildman–Crippen LogP) is 3.49. The number of likely N-dealkylation sites (N-methyl/N-ethyl adjacent to an activating group) is 1. The second-order valence-electron chi connectivity index (χ2n) is 9.16. The van der Waals surface area contributed by atoms with Gasteiger partial charge < -0.3 is 15.4 Å². The van der Waals surface area contributed by atoms with Crippen molar-refractivity contribution in [2.75, 3.05) is 11.9 Å². The summed E-state index contributed by atoms with van der Waals surface area (Å²) in [5, 5.41) is 21.3. The molecule has 2 aliphatic heterocycles. The minimum atomic E-state index is -1.74. The van der Waals surface area contributed by atoms with Crippen LogP contribution in [0.4, 0.5) is 16.2 Å². The summed E-state index contributed by atoms with van der Waals surface area (Å²) in [5.41, 5.74) is 5.05. The standard InChI is InChI=1S/C24H23N5O5/c1-23(2,3)34-22(31)28-20(26)16(13-25)19(14-9-11-15(12-10-14)29(32)33)24(28)17-7-5-6-8-18(17)27(4)21(24)30/h5-12,19H,26H2,1-4H3/t19-,24+/m1/s1. The van der Waals surface area contributed by atoms with Gasteiger partial charge in [0.1, 0.15) is 11.4 Å². The Hall–Kier alpha value is -4.39. The van der Waals surface area contributed by atoms with Crippen molar-refractivity contribution in [2.24, 2.45) is 5.73 Å². The first kappa shape index (κ1) is 22.8. The molecule has 0 unspecified atom stereocenters. The van der Waals surface area contributed by atoms with Gasteiger partial charge in [-0.3, -0.25) is 14.9 Å². The summed E-state index contributed by atoms with van der Waals surface area (Å²) >= 11 is 0. The van der Waals surface area contributed by atoms with Crippen LogP contribution < -0.4 is 10.6 Å². The molecule has 4 rings (SSSR count). The summed E-state index contributed by atoms with van der Waals surface area (Å²) in [6.07, 6.45) is -0.874. The number of carbonyl (C=O) groups is 2. The number of benzene rings is 2. The number of fused-ring (bicyclic) bond motifs is 2. The number of hydrogen-bond acceptors (Lipinski definition) is 7. The van der Waals surface area contributed by atoms with Crippen molar-refractivity contribution in [3.05, 3.63) is 81.2 Å². The van der Waals surface area contributed by atoms with E-state index in [0.717, 1.165) is 4.90 Å². The van der Waals surface area contributed by atoms with Gasteiger partial charge in [-0.15, -0.1) is 0 Å². The van der Waals surface area contributed by atoms with Crippen LogP contribution in [0.3, 0.4) is 0 Å². The maximum atomic E-state index is 14.0. The van der Waals surface area contributed by atoms with Crippen molar-refractivity contribution < 1.29 is 19.2 Å². The Kier molecular flexibility index (Phi) is 5.09. The van der Waals surface area contributed by atoms with E-state index >= 15 is 0 Å². The summed E-state index contributed by atoms with van der Waals surface area (Å²) in [7, 11) is 1.58. The van der Waals surface area contributed by atoms with Gasteiger partial charge in [-0.1, -0.05) is 30.3 Å². The van der Waals surface area contributed by atoms with Crippen molar-refractivity contribution >= 4 is 23.4 Å². The maximum absolute atomic E-state index is 14.0. The van der Waals surface area contributed by atoms with Crippen LogP contribution in [-0.2, 0) is 15.1 Å². The van der Waals surface area contributed by atoms with Crippen LogP contribution in [0, 0.1) is 21.4 Å². The number of anilines is 1. The highest BCUT2D eigenvalue weighted by molar-refractivity contribution is 6.11. The number of hydrogen-bond donors (Lipinski definition) is 1. The lowest BCUT2D eigenvalue weighted by atomic mass is 9.73. The third-order valence-corrected chi connectivity index (χ3v) is 6.02. The molecule has 2 aliphatic rings. The first-order valence-corrected chi connectivity index (χ1v) is 10.5. The van der Waals surface area contributed by atoms with Crippen LogP contribution in [-0.4, -0.2) is 34.5 Å². The molecule has 0 saturated carbocycles. The predicted molar refractivity (Wildman–Crippen MR) is 122 cm³/mol. The number of nitriles is 1. The molecular formula is C24H23N5O5. The van der Waals surface area contributed by atoms with E-state index in [1.807, 2.05) is 0 Å². The van der Waals surface area contributed by atoms with Crippen LogP contribution in [0.1, 0.15) is 37.8 Å². The number of nitro groups is 1. The van der Waals surface area contributed by atoms with E-state index in [2.05, 4.69) is 6.07 Å². The molecule has 2 aromatic carbocycles. The fraction of sp³-hybridized carbons (Fsp3) is 0.292. The molecule has 0 saturated heterocycles. The number of ether oxygens (including phenoxy) is 1. The van der Waals surface area contributed by atoms with Gasteiger partial charge in [0, 0.05) is 30.4 Å². The summed E-state index contributed by atoms with van der Waals surface area (Å²) in [4.78, 5) is 40.6. The van der Waals surface area contributed by atoms with Crippen molar-refractivity contribution in [1.29, 1.82) is 5.26 Å². The number of rotatable bonds is 2. The van der Waals surface area contributed by atoms with Crippen molar-refractivity contribution in [2.45, 2.75) is 37.8 Å². The summed E-state index contributed by atoms with van der Waals surface area (Å²) < 4.78 is 5.61. The Labute approximate surface area is 196 Å². The summed E-state index contributed by atoms with van der Waals surface area (Å²) in [5.74, 6) is -1.68. The number of carbonyl (C=O) groups excluding carboxylic acids is 2. The minimum absolute atomic E-state index is 0.00170. The van der Waals surface area contributed by atoms with Gasteiger partial charge in [-0.25, -0.2) is 9.69 Å². The lowest BCUT2D eigenvalue weighted by molar-refractivity contribution is -0.384. The number of para-hydroxylation sites is 1. The number of nitrogens with two attached hydrogens (primary N) is 1. The monoisotopic (exact) mass is 461 g/mol. The molecule has 1 spiro atoms. The molecule has 174 valence electrons. The Morgan fingerprint density at radius 1 is 1.21 bits per heavy atom. The fourth-order valence-electron chi connectivity index (χ4n) is 4.73. The highest BCUT2D eigenvalue weighted by atomic mass is 16.6. The molecule has 10 nitrogen and oxygen atoms in total. The Morgan fingerprint density at radius 2 is 1.82 bits per heavy atom. The molecule has 0 bridgehead atoms. The van der Waals surface area contributed by atoms with Gasteiger partial charge in [0.2, 0.25) is 0 Å². The number of amides is 2. The Balaban J connectivity index is 2.04. The van der Waals surface area contributed by atoms with E-state index in [1.54, 1.807) is 52.1 Å².